The van der Waals surface area contributed by atoms with Gasteiger partial charge in [-0.2, -0.15) is 15.1 Å². The second-order valence-corrected chi connectivity index (χ2v) is 15.9. The fraction of sp³-hybridized carbons (Fsp3) is 0.463. The summed E-state index contributed by atoms with van der Waals surface area (Å²) in [6, 6.07) is 6.39. The summed E-state index contributed by atoms with van der Waals surface area (Å²) in [6.45, 7) is 5.10. The zero-order chi connectivity index (χ0) is 38.9. The highest BCUT2D eigenvalue weighted by Gasteiger charge is 2.49. The van der Waals surface area contributed by atoms with Crippen molar-refractivity contribution in [1.82, 2.24) is 29.5 Å². The van der Waals surface area contributed by atoms with E-state index in [0.29, 0.717) is 56.6 Å². The number of piperidine rings is 1. The molecule has 3 fully saturated rings. The van der Waals surface area contributed by atoms with Crippen LogP contribution in [0.1, 0.15) is 73.6 Å². The summed E-state index contributed by atoms with van der Waals surface area (Å²) < 4.78 is 71.8. The van der Waals surface area contributed by atoms with Gasteiger partial charge in [-0.05, 0) is 97.7 Å². The summed E-state index contributed by atoms with van der Waals surface area (Å²) >= 11 is 6.93. The zero-order valence-electron chi connectivity index (χ0n) is 31.1. The molecule has 0 unspecified atom stereocenters. The summed E-state index contributed by atoms with van der Waals surface area (Å²) in [5.41, 5.74) is -0.303. The molecule has 0 radical (unpaired) electrons. The molecule has 2 aromatic heterocycles. The van der Waals surface area contributed by atoms with E-state index < -0.39 is 34.7 Å². The number of ether oxygens (including phenoxy) is 1. The first kappa shape index (κ1) is 36.9. The smallest absolute Gasteiger partial charge is 0.319 e. The number of carbonyl (C=O) groups excluding carboxylic acids is 1. The number of phenolic OH excluding ortho intramolecular Hbond substituents is 1. The molecule has 0 bridgehead atoms. The van der Waals surface area contributed by atoms with Gasteiger partial charge in [0, 0.05) is 44.5 Å². The maximum absolute atomic E-state index is 17.3. The van der Waals surface area contributed by atoms with Crippen LogP contribution in [0.25, 0.3) is 32.8 Å². The SMILES string of the molecule is CCc1c(F)ccc2cc(O)cc(-c3c(F)cc4c(N5CCCn6nc(C(=O)N7CCCCC7)c(Cl)c6C5)nc(OC[C@@]56CCCN5C[C@H](F)C6)nc4c3F)c12. The summed E-state index contributed by atoms with van der Waals surface area (Å²) in [5.74, 6) is -2.82. The summed E-state index contributed by atoms with van der Waals surface area (Å²) in [6.07, 6.45) is 4.59. The molecule has 9 rings (SSSR count). The van der Waals surface area contributed by atoms with Crippen molar-refractivity contribution < 1.29 is 32.2 Å². The molecule has 3 saturated heterocycles. The molecule has 15 heteroatoms. The van der Waals surface area contributed by atoms with Crippen molar-refractivity contribution in [3.8, 4) is 22.9 Å². The lowest BCUT2D eigenvalue weighted by Gasteiger charge is -2.31. The van der Waals surface area contributed by atoms with Crippen molar-refractivity contribution in [3.63, 3.8) is 0 Å². The number of carbonyl (C=O) groups is 1. The Bertz CT molecular complexity index is 2390. The molecule has 56 heavy (non-hydrogen) atoms. The topological polar surface area (TPSA) is 99.9 Å². The van der Waals surface area contributed by atoms with E-state index in [4.69, 9.17) is 21.3 Å². The van der Waals surface area contributed by atoms with E-state index >= 15 is 13.2 Å². The normalized spacial score (nSPS) is 21.5. The van der Waals surface area contributed by atoms with Crippen molar-refractivity contribution in [3.05, 3.63) is 69.8 Å². The minimum absolute atomic E-state index is 0.0207. The van der Waals surface area contributed by atoms with Crippen LogP contribution in [0.3, 0.4) is 0 Å². The van der Waals surface area contributed by atoms with Crippen LogP contribution in [0, 0.1) is 17.5 Å². The number of likely N-dealkylation sites (tertiary alicyclic amines) is 1. The van der Waals surface area contributed by atoms with Gasteiger partial charge in [0.15, 0.2) is 11.5 Å². The fourth-order valence-corrected chi connectivity index (χ4v) is 9.73. The second kappa shape index (κ2) is 14.4. The molecule has 4 aliphatic rings. The summed E-state index contributed by atoms with van der Waals surface area (Å²) in [4.78, 5) is 28.5. The van der Waals surface area contributed by atoms with Crippen LogP contribution in [-0.2, 0) is 19.5 Å². The molecule has 0 aliphatic carbocycles. The lowest BCUT2D eigenvalue weighted by Crippen LogP contribution is -2.43. The third kappa shape index (κ3) is 6.19. The van der Waals surface area contributed by atoms with E-state index in [1.54, 1.807) is 16.5 Å². The van der Waals surface area contributed by atoms with Gasteiger partial charge in [0.2, 0.25) is 0 Å². The predicted molar refractivity (Wildman–Crippen MR) is 205 cm³/mol. The average molecular weight is 792 g/mol. The highest BCUT2D eigenvalue weighted by Crippen LogP contribution is 2.44. The number of halogens is 5. The Hall–Kier alpha value is -4.69. The molecule has 5 aromatic rings. The predicted octanol–water partition coefficient (Wildman–Crippen LogP) is 7.98. The lowest BCUT2D eigenvalue weighted by molar-refractivity contribution is 0.0717. The third-order valence-electron chi connectivity index (χ3n) is 12.1. The minimum Gasteiger partial charge on any atom is -0.508 e. The zero-order valence-corrected chi connectivity index (χ0v) is 31.8. The maximum atomic E-state index is 17.3. The fourth-order valence-electron chi connectivity index (χ4n) is 9.45. The van der Waals surface area contributed by atoms with Gasteiger partial charge in [0.25, 0.3) is 5.91 Å². The standard InChI is InChI=1S/C41H42ClF4N7O3/c1-2-26-29(44)9-8-23-16-25(54)17-27(32(23)26)33-30(45)18-28-36(35(33)46)47-40(56-22-41-10-6-14-52(41)20-24(43)19-41)48-38(28)51-13-7-15-53-31(21-51)34(42)37(49-53)39(55)50-11-4-3-5-12-50/h8-9,16-18,24,54H,2-7,10-15,19-22H2,1H3/t24-,41+/m1/s1. The van der Waals surface area contributed by atoms with Crippen LogP contribution in [0.15, 0.2) is 30.3 Å². The molecule has 0 spiro atoms. The van der Waals surface area contributed by atoms with Crippen molar-refractivity contribution >= 4 is 45.0 Å². The van der Waals surface area contributed by atoms with Crippen LogP contribution in [0.2, 0.25) is 5.02 Å². The number of fused-ring (bicyclic) bond motifs is 4. The number of phenols is 1. The van der Waals surface area contributed by atoms with Crippen molar-refractivity contribution in [1.29, 1.82) is 0 Å². The van der Waals surface area contributed by atoms with Gasteiger partial charge < -0.3 is 19.6 Å². The molecule has 6 heterocycles. The largest absolute Gasteiger partial charge is 0.508 e. The van der Waals surface area contributed by atoms with Gasteiger partial charge in [0.1, 0.15) is 41.5 Å². The van der Waals surface area contributed by atoms with Crippen LogP contribution in [0.5, 0.6) is 11.8 Å². The monoisotopic (exact) mass is 791 g/mol. The molecule has 294 valence electrons. The van der Waals surface area contributed by atoms with E-state index in [1.807, 2.05) is 4.90 Å². The van der Waals surface area contributed by atoms with Gasteiger partial charge in [-0.15, -0.1) is 0 Å². The first-order valence-corrected chi connectivity index (χ1v) is 19.9. The molecule has 1 N–H and O–H groups in total. The maximum Gasteiger partial charge on any atom is 0.319 e. The number of aromatic nitrogens is 4. The van der Waals surface area contributed by atoms with Crippen LogP contribution in [-0.4, -0.2) is 91.6 Å². The van der Waals surface area contributed by atoms with Gasteiger partial charge in [-0.1, -0.05) is 24.6 Å². The van der Waals surface area contributed by atoms with E-state index in [1.165, 1.54) is 24.3 Å². The minimum atomic E-state index is -1.04. The summed E-state index contributed by atoms with van der Waals surface area (Å²) in [5, 5.41) is 16.3. The average Bonchev–Trinajstić information content (AvgIpc) is 3.76. The molecular weight excluding hydrogens is 750 g/mol. The highest BCUT2D eigenvalue weighted by atomic mass is 35.5. The first-order valence-electron chi connectivity index (χ1n) is 19.5. The number of aryl methyl sites for hydroxylation is 2. The van der Waals surface area contributed by atoms with E-state index in [0.717, 1.165) is 44.7 Å². The first-order chi connectivity index (χ1) is 27.0. The number of anilines is 1. The van der Waals surface area contributed by atoms with Gasteiger partial charge in [0.05, 0.1) is 28.4 Å². The number of hydrogen-bond donors (Lipinski definition) is 1. The molecule has 0 saturated carbocycles. The second-order valence-electron chi connectivity index (χ2n) is 15.6. The van der Waals surface area contributed by atoms with Crippen LogP contribution < -0.4 is 9.64 Å². The molecule has 2 atom stereocenters. The van der Waals surface area contributed by atoms with Crippen LogP contribution >= 0.6 is 11.6 Å². The number of rotatable bonds is 7. The van der Waals surface area contributed by atoms with Crippen molar-refractivity contribution in [2.24, 2.45) is 0 Å². The number of nitrogens with zero attached hydrogens (tertiary/aromatic N) is 7. The Labute approximate surface area is 326 Å². The van der Waals surface area contributed by atoms with E-state index in [9.17, 15) is 14.3 Å². The Kier molecular flexibility index (Phi) is 9.46. The van der Waals surface area contributed by atoms with Crippen molar-refractivity contribution in [2.45, 2.75) is 83.1 Å². The molecular formula is C41H42ClF4N7O3. The lowest BCUT2D eigenvalue weighted by atomic mass is 9.91. The van der Waals surface area contributed by atoms with Gasteiger partial charge in [-0.3, -0.25) is 14.4 Å². The molecule has 3 aromatic carbocycles. The van der Waals surface area contributed by atoms with E-state index in [-0.39, 0.29) is 81.2 Å². The molecule has 4 aliphatic heterocycles. The number of benzene rings is 3. The Morgan fingerprint density at radius 3 is 2.62 bits per heavy atom. The molecule has 10 nitrogen and oxygen atoms in total. The molecule has 1 amide bonds. The number of alkyl halides is 1. The Balaban J connectivity index is 1.18. The summed E-state index contributed by atoms with van der Waals surface area (Å²) in [7, 11) is 0. The van der Waals surface area contributed by atoms with Gasteiger partial charge >= 0.3 is 6.01 Å². The Morgan fingerprint density at radius 1 is 1.00 bits per heavy atom. The van der Waals surface area contributed by atoms with E-state index in [2.05, 4.69) is 15.0 Å². The quantitative estimate of drug-likeness (QED) is 0.166. The third-order valence-corrected chi connectivity index (χ3v) is 12.5. The number of amides is 1. The number of aromatic hydroxyl groups is 1. The van der Waals surface area contributed by atoms with Crippen molar-refractivity contribution in [2.75, 3.05) is 44.2 Å². The van der Waals surface area contributed by atoms with Gasteiger partial charge in [-0.25, -0.2) is 17.6 Å². The van der Waals surface area contributed by atoms with Crippen LogP contribution in [0.4, 0.5) is 23.4 Å². The number of hydrogen-bond acceptors (Lipinski definition) is 8. The highest BCUT2D eigenvalue weighted by molar-refractivity contribution is 6.34. The Morgan fingerprint density at radius 2 is 1.82 bits per heavy atom.